The number of hydrogen-bond donors (Lipinski definition) is 3. The topological polar surface area (TPSA) is 102 Å². The predicted molar refractivity (Wildman–Crippen MR) is 59.0 cm³/mol. The van der Waals surface area contributed by atoms with Crippen LogP contribution in [0, 0.1) is 5.41 Å². The summed E-state index contributed by atoms with van der Waals surface area (Å²) in [6, 6.07) is 1.86. The van der Waals surface area contributed by atoms with Gasteiger partial charge in [0.2, 0.25) is 0 Å². The van der Waals surface area contributed by atoms with Crippen LogP contribution in [0.2, 0.25) is 0 Å². The van der Waals surface area contributed by atoms with Gasteiger partial charge in [0.15, 0.2) is 0 Å². The first-order chi connectivity index (χ1) is 6.99. The number of hydrogen-bond acceptors (Lipinski definition) is 4. The van der Waals surface area contributed by atoms with Crippen molar-refractivity contribution in [2.24, 2.45) is 11.5 Å². The maximum atomic E-state index is 10.5. The van der Waals surface area contributed by atoms with E-state index in [4.69, 9.17) is 21.6 Å². The lowest BCUT2D eigenvalue weighted by atomic mass is 10.2. The fourth-order valence-electron chi connectivity index (χ4n) is 1.15. The van der Waals surface area contributed by atoms with Crippen molar-refractivity contribution in [2.75, 3.05) is 0 Å². The first kappa shape index (κ1) is 11.5. The number of thiophene rings is 1. The van der Waals surface area contributed by atoms with Crippen LogP contribution >= 0.6 is 11.3 Å². The summed E-state index contributed by atoms with van der Waals surface area (Å²) in [5.74, 6) is 0.114. The minimum Gasteiger partial charge on any atom is -0.441 e. The second-order valence-electron chi connectivity index (χ2n) is 3.14. The maximum Gasteiger partial charge on any atom is 0.405 e. The number of amidine groups is 1. The molecule has 15 heavy (non-hydrogen) atoms. The lowest BCUT2D eigenvalue weighted by Gasteiger charge is -2.08. The van der Waals surface area contributed by atoms with E-state index < -0.39 is 6.09 Å². The smallest absolute Gasteiger partial charge is 0.405 e. The fraction of sp³-hybridized carbons (Fsp3) is 0.333. The van der Waals surface area contributed by atoms with Gasteiger partial charge >= 0.3 is 6.09 Å². The third-order valence-electron chi connectivity index (χ3n) is 1.76. The molecular weight excluding hydrogens is 214 g/mol. The van der Waals surface area contributed by atoms with E-state index in [2.05, 4.69) is 0 Å². The molecule has 0 bridgehead atoms. The van der Waals surface area contributed by atoms with Crippen LogP contribution < -0.4 is 11.5 Å². The van der Waals surface area contributed by atoms with Gasteiger partial charge in [-0.15, -0.1) is 11.3 Å². The summed E-state index contributed by atoms with van der Waals surface area (Å²) in [4.78, 5) is 11.4. The van der Waals surface area contributed by atoms with Crippen LogP contribution in [0.3, 0.4) is 0 Å². The van der Waals surface area contributed by atoms with Crippen LogP contribution in [0.25, 0.3) is 0 Å². The Balaban J connectivity index is 2.66. The van der Waals surface area contributed by atoms with E-state index in [1.807, 2.05) is 11.4 Å². The molecule has 1 aromatic heterocycles. The van der Waals surface area contributed by atoms with Crippen molar-refractivity contribution in [3.05, 3.63) is 21.9 Å². The van der Waals surface area contributed by atoms with Gasteiger partial charge in [-0.05, 0) is 23.9 Å². The Morgan fingerprint density at radius 3 is 2.87 bits per heavy atom. The molecule has 0 radical (unpaired) electrons. The average Bonchev–Trinajstić information content (AvgIpc) is 2.50. The third kappa shape index (κ3) is 3.59. The summed E-state index contributed by atoms with van der Waals surface area (Å²) < 4.78 is 4.82. The Bertz CT molecular complexity index is 375. The molecule has 1 atom stereocenters. The van der Waals surface area contributed by atoms with Gasteiger partial charge in [-0.25, -0.2) is 4.79 Å². The molecule has 0 spiro atoms. The highest BCUT2D eigenvalue weighted by Crippen LogP contribution is 2.24. The van der Waals surface area contributed by atoms with E-state index in [9.17, 15) is 4.79 Å². The molecule has 5 N–H and O–H groups in total. The van der Waals surface area contributed by atoms with Gasteiger partial charge in [0.05, 0.1) is 5.84 Å². The standard InChI is InChI=1S/C9H13N3O2S/c1-5(14-9(12)13)7-2-6(4-15-7)3-8(10)11/h2,4-5H,3H2,1H3,(H3,10,11)(H2,12,13)/t5-/m1/s1. The molecule has 0 fully saturated rings. The van der Waals surface area contributed by atoms with Crippen LogP contribution in [-0.4, -0.2) is 11.9 Å². The Labute approximate surface area is 91.5 Å². The molecule has 0 aromatic carbocycles. The first-order valence-electron chi connectivity index (χ1n) is 4.35. The van der Waals surface area contributed by atoms with Crippen LogP contribution in [0.15, 0.2) is 11.4 Å². The zero-order valence-electron chi connectivity index (χ0n) is 8.32. The number of carbonyl (C=O) groups excluding carboxylic acids is 1. The van der Waals surface area contributed by atoms with E-state index >= 15 is 0 Å². The molecule has 0 saturated heterocycles. The molecule has 82 valence electrons. The van der Waals surface area contributed by atoms with E-state index in [0.717, 1.165) is 10.4 Å². The predicted octanol–water partition coefficient (Wildman–Crippen LogP) is 1.38. The second kappa shape index (κ2) is 4.79. The SMILES string of the molecule is C[C@@H](OC(N)=O)c1cc(CC(=N)N)cs1. The molecule has 6 heteroatoms. The van der Waals surface area contributed by atoms with Crippen molar-refractivity contribution < 1.29 is 9.53 Å². The molecule has 1 aromatic rings. The van der Waals surface area contributed by atoms with E-state index in [1.165, 1.54) is 11.3 Å². The van der Waals surface area contributed by atoms with Crippen LogP contribution in [-0.2, 0) is 11.2 Å². The highest BCUT2D eigenvalue weighted by atomic mass is 32.1. The number of nitrogens with one attached hydrogen (secondary N) is 1. The minimum atomic E-state index is -0.788. The average molecular weight is 227 g/mol. The van der Waals surface area contributed by atoms with Crippen molar-refractivity contribution in [1.29, 1.82) is 5.41 Å². The van der Waals surface area contributed by atoms with Crippen molar-refractivity contribution >= 4 is 23.3 Å². The lowest BCUT2D eigenvalue weighted by molar-refractivity contribution is 0.118. The summed E-state index contributed by atoms with van der Waals surface area (Å²) in [6.45, 7) is 1.74. The van der Waals surface area contributed by atoms with Gasteiger partial charge in [-0.2, -0.15) is 0 Å². The molecule has 1 amide bonds. The summed E-state index contributed by atoms with van der Waals surface area (Å²) in [7, 11) is 0. The second-order valence-corrected chi connectivity index (χ2v) is 4.08. The number of ether oxygens (including phenoxy) is 1. The number of primary amides is 1. The zero-order valence-corrected chi connectivity index (χ0v) is 9.14. The normalized spacial score (nSPS) is 12.1. The van der Waals surface area contributed by atoms with Gasteiger partial charge < -0.3 is 16.2 Å². The van der Waals surface area contributed by atoms with E-state index in [1.54, 1.807) is 6.92 Å². The van der Waals surface area contributed by atoms with E-state index in [-0.39, 0.29) is 11.9 Å². The summed E-state index contributed by atoms with van der Waals surface area (Å²) in [5, 5.41) is 9.03. The Morgan fingerprint density at radius 2 is 2.33 bits per heavy atom. The monoisotopic (exact) mass is 227 g/mol. The molecule has 0 aliphatic heterocycles. The van der Waals surface area contributed by atoms with Crippen molar-refractivity contribution in [1.82, 2.24) is 0 Å². The highest BCUT2D eigenvalue weighted by molar-refractivity contribution is 7.10. The van der Waals surface area contributed by atoms with Gasteiger partial charge in [-0.3, -0.25) is 5.41 Å². The summed E-state index contributed by atoms with van der Waals surface area (Å²) >= 11 is 1.46. The number of nitrogens with two attached hydrogens (primary N) is 2. The van der Waals surface area contributed by atoms with Crippen molar-refractivity contribution in [3.8, 4) is 0 Å². The molecule has 0 saturated carbocycles. The number of rotatable bonds is 4. The first-order valence-corrected chi connectivity index (χ1v) is 5.23. The summed E-state index contributed by atoms with van der Waals surface area (Å²) in [5.41, 5.74) is 11.1. The molecular formula is C9H13N3O2S. The van der Waals surface area contributed by atoms with Crippen molar-refractivity contribution in [2.45, 2.75) is 19.4 Å². The molecule has 5 nitrogen and oxygen atoms in total. The largest absolute Gasteiger partial charge is 0.441 e. The highest BCUT2D eigenvalue weighted by Gasteiger charge is 2.11. The molecule has 0 unspecified atom stereocenters. The lowest BCUT2D eigenvalue weighted by Crippen LogP contribution is -2.15. The van der Waals surface area contributed by atoms with Gasteiger partial charge in [0.1, 0.15) is 6.10 Å². The quantitative estimate of drug-likeness (QED) is 0.535. The number of carbonyl (C=O) groups is 1. The summed E-state index contributed by atoms with van der Waals surface area (Å²) in [6.07, 6.45) is -0.725. The molecule has 0 aliphatic carbocycles. The zero-order chi connectivity index (χ0) is 11.4. The van der Waals surface area contributed by atoms with Crippen LogP contribution in [0.4, 0.5) is 4.79 Å². The molecule has 1 rings (SSSR count). The van der Waals surface area contributed by atoms with Gasteiger partial charge in [0, 0.05) is 11.3 Å². The minimum absolute atomic E-state index is 0.114. The maximum absolute atomic E-state index is 10.5. The van der Waals surface area contributed by atoms with Gasteiger partial charge in [-0.1, -0.05) is 0 Å². The Kier molecular flexibility index (Phi) is 3.68. The van der Waals surface area contributed by atoms with Crippen LogP contribution in [0.5, 0.6) is 0 Å². The Hall–Kier alpha value is -1.56. The van der Waals surface area contributed by atoms with Crippen molar-refractivity contribution in [3.63, 3.8) is 0 Å². The van der Waals surface area contributed by atoms with Crippen LogP contribution in [0.1, 0.15) is 23.5 Å². The third-order valence-corrected chi connectivity index (χ3v) is 2.90. The van der Waals surface area contributed by atoms with E-state index in [0.29, 0.717) is 6.42 Å². The molecule has 0 aliphatic rings. The fourth-order valence-corrected chi connectivity index (χ4v) is 2.05. The molecule has 1 heterocycles. The number of amides is 1. The van der Waals surface area contributed by atoms with Gasteiger partial charge in [0.25, 0.3) is 0 Å². The Morgan fingerprint density at radius 1 is 1.67 bits per heavy atom.